The maximum absolute atomic E-state index is 12.3. The standard InChI is InChI=1S/C25H22BrClN2O3/c1-3-15(2)16-4-8-19(9-5-16)31-14-24(30)28-18-7-11-23-22(13-18)29-25(32-23)20-12-17(26)6-10-21(20)27/h4-13,15H,3,14H2,1-2H3,(H,28,30)/t15-/m1/s1. The van der Waals surface area contributed by atoms with Crippen LogP contribution in [0, 0.1) is 0 Å². The monoisotopic (exact) mass is 512 g/mol. The molecule has 0 aliphatic heterocycles. The summed E-state index contributed by atoms with van der Waals surface area (Å²) in [6.07, 6.45) is 1.08. The van der Waals surface area contributed by atoms with Gasteiger partial charge in [-0.3, -0.25) is 4.79 Å². The van der Waals surface area contributed by atoms with Gasteiger partial charge in [0.25, 0.3) is 5.91 Å². The van der Waals surface area contributed by atoms with Crippen molar-refractivity contribution in [2.75, 3.05) is 11.9 Å². The third kappa shape index (κ3) is 5.14. The molecule has 164 valence electrons. The van der Waals surface area contributed by atoms with Crippen molar-refractivity contribution in [3.05, 3.63) is 75.7 Å². The summed E-state index contributed by atoms with van der Waals surface area (Å²) >= 11 is 9.72. The number of aromatic nitrogens is 1. The quantitative estimate of drug-likeness (QED) is 0.279. The minimum atomic E-state index is -0.255. The van der Waals surface area contributed by atoms with Crippen LogP contribution in [0.3, 0.4) is 0 Å². The average molecular weight is 514 g/mol. The largest absolute Gasteiger partial charge is 0.484 e. The van der Waals surface area contributed by atoms with Gasteiger partial charge >= 0.3 is 0 Å². The fourth-order valence-electron chi connectivity index (χ4n) is 3.26. The maximum atomic E-state index is 12.3. The Morgan fingerprint density at radius 3 is 2.69 bits per heavy atom. The Morgan fingerprint density at radius 2 is 1.94 bits per heavy atom. The number of anilines is 1. The Hall–Kier alpha value is -2.83. The summed E-state index contributed by atoms with van der Waals surface area (Å²) < 4.78 is 12.3. The van der Waals surface area contributed by atoms with Gasteiger partial charge in [0, 0.05) is 10.2 Å². The second-order valence-electron chi connectivity index (χ2n) is 7.54. The summed E-state index contributed by atoms with van der Waals surface area (Å²) in [4.78, 5) is 16.9. The molecule has 0 fully saturated rings. The number of nitrogens with one attached hydrogen (secondary N) is 1. The number of carbonyl (C=O) groups is 1. The molecule has 0 bridgehead atoms. The number of halogens is 2. The van der Waals surface area contributed by atoms with Crippen molar-refractivity contribution in [2.45, 2.75) is 26.2 Å². The zero-order valence-electron chi connectivity index (χ0n) is 17.7. The van der Waals surface area contributed by atoms with E-state index in [2.05, 4.69) is 40.1 Å². The molecule has 1 heterocycles. The number of amides is 1. The summed E-state index contributed by atoms with van der Waals surface area (Å²) in [7, 11) is 0. The van der Waals surface area contributed by atoms with Crippen LogP contribution in [-0.4, -0.2) is 17.5 Å². The molecular weight excluding hydrogens is 492 g/mol. The van der Waals surface area contributed by atoms with Crippen molar-refractivity contribution in [1.82, 2.24) is 4.98 Å². The van der Waals surface area contributed by atoms with E-state index >= 15 is 0 Å². The second-order valence-corrected chi connectivity index (χ2v) is 8.86. The number of benzene rings is 3. The van der Waals surface area contributed by atoms with Crippen molar-refractivity contribution >= 4 is 50.2 Å². The van der Waals surface area contributed by atoms with Gasteiger partial charge in [-0.15, -0.1) is 0 Å². The number of oxazole rings is 1. The highest BCUT2D eigenvalue weighted by Gasteiger charge is 2.13. The molecule has 0 radical (unpaired) electrons. The lowest BCUT2D eigenvalue weighted by molar-refractivity contribution is -0.118. The number of nitrogens with zero attached hydrogens (tertiary/aromatic N) is 1. The second kappa shape index (κ2) is 9.76. The van der Waals surface area contributed by atoms with Crippen molar-refractivity contribution < 1.29 is 13.9 Å². The van der Waals surface area contributed by atoms with Gasteiger partial charge < -0.3 is 14.5 Å². The first-order chi connectivity index (χ1) is 15.4. The topological polar surface area (TPSA) is 64.4 Å². The molecule has 0 aliphatic carbocycles. The number of fused-ring (bicyclic) bond motifs is 1. The highest BCUT2D eigenvalue weighted by atomic mass is 79.9. The lowest BCUT2D eigenvalue weighted by Crippen LogP contribution is -2.20. The van der Waals surface area contributed by atoms with Crippen molar-refractivity contribution in [3.63, 3.8) is 0 Å². The fraction of sp³-hybridized carbons (Fsp3) is 0.200. The van der Waals surface area contributed by atoms with Crippen LogP contribution in [0.15, 0.2) is 69.6 Å². The third-order valence-electron chi connectivity index (χ3n) is 5.26. The Kier molecular flexibility index (Phi) is 6.82. The van der Waals surface area contributed by atoms with Crippen LogP contribution in [0.5, 0.6) is 5.75 Å². The summed E-state index contributed by atoms with van der Waals surface area (Å²) in [6, 6.07) is 18.6. The first kappa shape index (κ1) is 22.4. The molecule has 0 saturated carbocycles. The minimum absolute atomic E-state index is 0.0849. The van der Waals surface area contributed by atoms with Crippen molar-refractivity contribution in [3.8, 4) is 17.2 Å². The Labute approximate surface area is 199 Å². The molecule has 1 aromatic heterocycles. The van der Waals surface area contributed by atoms with E-state index in [1.165, 1.54) is 5.56 Å². The van der Waals surface area contributed by atoms with E-state index < -0.39 is 0 Å². The molecule has 5 nitrogen and oxygen atoms in total. The average Bonchev–Trinajstić information content (AvgIpc) is 3.22. The van der Waals surface area contributed by atoms with Crippen LogP contribution in [0.1, 0.15) is 31.7 Å². The number of carbonyl (C=O) groups excluding carboxylic acids is 1. The Bertz CT molecular complexity index is 1250. The molecule has 0 unspecified atom stereocenters. The van der Waals surface area contributed by atoms with Gasteiger partial charge in [-0.25, -0.2) is 4.98 Å². The lowest BCUT2D eigenvalue weighted by Gasteiger charge is -2.11. The third-order valence-corrected chi connectivity index (χ3v) is 6.08. The molecule has 4 rings (SSSR count). The van der Waals surface area contributed by atoms with Gasteiger partial charge in [0.05, 0.1) is 10.6 Å². The number of hydrogen-bond donors (Lipinski definition) is 1. The molecule has 3 aromatic carbocycles. The highest BCUT2D eigenvalue weighted by Crippen LogP contribution is 2.33. The van der Waals surface area contributed by atoms with Crippen LogP contribution in [0.25, 0.3) is 22.6 Å². The van der Waals surface area contributed by atoms with Crippen LogP contribution in [-0.2, 0) is 4.79 Å². The molecule has 1 atom stereocenters. The molecule has 1 amide bonds. The fourth-order valence-corrected chi connectivity index (χ4v) is 3.82. The Morgan fingerprint density at radius 1 is 1.16 bits per heavy atom. The molecule has 1 N–H and O–H groups in total. The lowest BCUT2D eigenvalue weighted by atomic mass is 9.99. The van der Waals surface area contributed by atoms with Gasteiger partial charge in [-0.1, -0.05) is 53.5 Å². The van der Waals surface area contributed by atoms with Crippen LogP contribution in [0.2, 0.25) is 5.02 Å². The first-order valence-corrected chi connectivity index (χ1v) is 11.5. The zero-order chi connectivity index (χ0) is 22.7. The highest BCUT2D eigenvalue weighted by molar-refractivity contribution is 9.10. The number of ether oxygens (including phenoxy) is 1. The molecule has 0 saturated heterocycles. The van der Waals surface area contributed by atoms with E-state index in [0.29, 0.717) is 44.9 Å². The SMILES string of the molecule is CC[C@@H](C)c1ccc(OCC(=O)Nc2ccc3oc(-c4cc(Br)ccc4Cl)nc3c2)cc1. The predicted octanol–water partition coefficient (Wildman–Crippen LogP) is 7.44. The Balaban J connectivity index is 1.41. The molecule has 32 heavy (non-hydrogen) atoms. The van der Waals surface area contributed by atoms with Gasteiger partial charge in [0.1, 0.15) is 11.3 Å². The van der Waals surface area contributed by atoms with E-state index in [4.69, 9.17) is 20.8 Å². The maximum Gasteiger partial charge on any atom is 0.262 e. The van der Waals surface area contributed by atoms with E-state index in [-0.39, 0.29) is 12.5 Å². The predicted molar refractivity (Wildman–Crippen MR) is 131 cm³/mol. The number of hydrogen-bond acceptors (Lipinski definition) is 4. The van der Waals surface area contributed by atoms with Gasteiger partial charge in [-0.2, -0.15) is 0 Å². The first-order valence-electron chi connectivity index (χ1n) is 10.3. The van der Waals surface area contributed by atoms with E-state index in [1.54, 1.807) is 24.3 Å². The minimum Gasteiger partial charge on any atom is -0.484 e. The molecular formula is C25H22BrClN2O3. The summed E-state index contributed by atoms with van der Waals surface area (Å²) in [5.41, 5.74) is 3.78. The van der Waals surface area contributed by atoms with E-state index in [0.717, 1.165) is 10.9 Å². The van der Waals surface area contributed by atoms with Crippen molar-refractivity contribution in [1.29, 1.82) is 0 Å². The summed E-state index contributed by atoms with van der Waals surface area (Å²) in [5.74, 6) is 1.32. The summed E-state index contributed by atoms with van der Waals surface area (Å²) in [6.45, 7) is 4.26. The van der Waals surface area contributed by atoms with Gasteiger partial charge in [0.2, 0.25) is 5.89 Å². The molecule has 0 spiro atoms. The van der Waals surface area contributed by atoms with E-state index in [9.17, 15) is 4.79 Å². The molecule has 0 aliphatic rings. The van der Waals surface area contributed by atoms with Crippen molar-refractivity contribution in [2.24, 2.45) is 0 Å². The summed E-state index contributed by atoms with van der Waals surface area (Å²) in [5, 5.41) is 3.38. The van der Waals surface area contributed by atoms with Crippen LogP contribution < -0.4 is 10.1 Å². The van der Waals surface area contributed by atoms with Crippen LogP contribution >= 0.6 is 27.5 Å². The molecule has 7 heteroatoms. The number of rotatable bonds is 7. The smallest absolute Gasteiger partial charge is 0.262 e. The van der Waals surface area contributed by atoms with Gasteiger partial charge in [-0.05, 0) is 66.4 Å². The zero-order valence-corrected chi connectivity index (χ0v) is 20.0. The van der Waals surface area contributed by atoms with Gasteiger partial charge in [0.15, 0.2) is 12.2 Å². The van der Waals surface area contributed by atoms with E-state index in [1.807, 2.05) is 36.4 Å². The van der Waals surface area contributed by atoms with Crippen LogP contribution in [0.4, 0.5) is 5.69 Å². The normalized spacial score (nSPS) is 12.0. The molecule has 4 aromatic rings.